The second-order valence-electron chi connectivity index (χ2n) is 8.18. The Hall–Kier alpha value is -2.81. The largest absolute Gasteiger partial charge is 0.364 e. The van der Waals surface area contributed by atoms with Gasteiger partial charge in [0, 0.05) is 32.0 Å². The van der Waals surface area contributed by atoms with Gasteiger partial charge in [0.1, 0.15) is 29.7 Å². The van der Waals surface area contributed by atoms with Crippen molar-refractivity contribution in [3.63, 3.8) is 0 Å². The molecule has 0 N–H and O–H groups in total. The van der Waals surface area contributed by atoms with E-state index in [1.807, 2.05) is 0 Å². The molecule has 0 bridgehead atoms. The number of hydrogen-bond acceptors (Lipinski definition) is 5. The van der Waals surface area contributed by atoms with E-state index in [1.165, 1.54) is 18.4 Å². The summed E-state index contributed by atoms with van der Waals surface area (Å²) in [6.45, 7) is 2.44. The SMILES string of the molecule is Cc1nocc1C(=O)N1CCC2(CC1)O[C@@H]1CC[C@@H](c3cc(F)cc(F)c3)N1C2=O. The molecule has 0 saturated carbocycles. The van der Waals surface area contributed by atoms with E-state index in [1.54, 1.807) is 16.7 Å². The van der Waals surface area contributed by atoms with Crippen LogP contribution >= 0.6 is 0 Å². The van der Waals surface area contributed by atoms with Crippen LogP contribution in [0.4, 0.5) is 8.78 Å². The van der Waals surface area contributed by atoms with Crippen molar-refractivity contribution in [2.24, 2.45) is 0 Å². The molecule has 158 valence electrons. The highest BCUT2D eigenvalue weighted by Gasteiger charge is 2.58. The molecule has 1 aromatic heterocycles. The van der Waals surface area contributed by atoms with Gasteiger partial charge in [0.2, 0.25) is 0 Å². The minimum absolute atomic E-state index is 0.159. The van der Waals surface area contributed by atoms with E-state index in [-0.39, 0.29) is 11.8 Å². The molecule has 1 aromatic carbocycles. The smallest absolute Gasteiger partial charge is 0.259 e. The first-order valence-electron chi connectivity index (χ1n) is 10.0. The van der Waals surface area contributed by atoms with Gasteiger partial charge in [0.15, 0.2) is 5.60 Å². The predicted molar refractivity (Wildman–Crippen MR) is 99.2 cm³/mol. The van der Waals surface area contributed by atoms with Gasteiger partial charge in [-0.3, -0.25) is 9.59 Å². The first-order chi connectivity index (χ1) is 14.4. The maximum Gasteiger partial charge on any atom is 0.259 e. The van der Waals surface area contributed by atoms with Crippen molar-refractivity contribution in [2.75, 3.05) is 13.1 Å². The number of carbonyl (C=O) groups excluding carboxylic acids is 2. The van der Waals surface area contributed by atoms with Crippen LogP contribution in [0.25, 0.3) is 0 Å². The van der Waals surface area contributed by atoms with Crippen LogP contribution in [0.2, 0.25) is 0 Å². The monoisotopic (exact) mass is 417 g/mol. The third-order valence-corrected chi connectivity index (χ3v) is 6.43. The van der Waals surface area contributed by atoms with Gasteiger partial charge in [-0.25, -0.2) is 8.78 Å². The van der Waals surface area contributed by atoms with E-state index >= 15 is 0 Å². The van der Waals surface area contributed by atoms with Gasteiger partial charge in [-0.1, -0.05) is 5.16 Å². The molecule has 0 aliphatic carbocycles. The number of benzene rings is 1. The van der Waals surface area contributed by atoms with Crippen LogP contribution in [0.5, 0.6) is 0 Å². The Morgan fingerprint density at radius 1 is 1.17 bits per heavy atom. The summed E-state index contributed by atoms with van der Waals surface area (Å²) in [6.07, 6.45) is 2.87. The molecule has 4 heterocycles. The van der Waals surface area contributed by atoms with Gasteiger partial charge >= 0.3 is 0 Å². The number of aromatic nitrogens is 1. The molecule has 7 nitrogen and oxygen atoms in total. The first-order valence-corrected chi connectivity index (χ1v) is 10.0. The number of fused-ring (bicyclic) bond motifs is 1. The lowest BCUT2D eigenvalue weighted by molar-refractivity contribution is -0.142. The highest BCUT2D eigenvalue weighted by molar-refractivity contribution is 5.95. The Bertz CT molecular complexity index is 995. The number of aryl methyl sites for hydroxylation is 1. The van der Waals surface area contributed by atoms with Crippen LogP contribution in [0.15, 0.2) is 29.0 Å². The van der Waals surface area contributed by atoms with Gasteiger partial charge in [0.05, 0.1) is 11.7 Å². The van der Waals surface area contributed by atoms with Crippen molar-refractivity contribution in [3.8, 4) is 0 Å². The van der Waals surface area contributed by atoms with Crippen molar-refractivity contribution in [1.82, 2.24) is 15.0 Å². The van der Waals surface area contributed by atoms with E-state index in [9.17, 15) is 18.4 Å². The van der Waals surface area contributed by atoms with Crippen LogP contribution in [0, 0.1) is 18.6 Å². The summed E-state index contributed by atoms with van der Waals surface area (Å²) in [5.41, 5.74) is 0.396. The summed E-state index contributed by atoms with van der Waals surface area (Å²) in [5.74, 6) is -1.66. The molecular weight excluding hydrogens is 396 g/mol. The average Bonchev–Trinajstić information content (AvgIpc) is 3.38. The number of amides is 2. The van der Waals surface area contributed by atoms with Gasteiger partial charge in [-0.05, 0) is 37.5 Å². The van der Waals surface area contributed by atoms with Crippen LogP contribution in [-0.2, 0) is 9.53 Å². The Labute approximate surface area is 171 Å². The maximum absolute atomic E-state index is 13.7. The Balaban J connectivity index is 1.33. The molecule has 30 heavy (non-hydrogen) atoms. The van der Waals surface area contributed by atoms with E-state index in [0.717, 1.165) is 6.07 Å². The summed E-state index contributed by atoms with van der Waals surface area (Å²) in [6, 6.07) is 2.96. The molecule has 2 aromatic rings. The quantitative estimate of drug-likeness (QED) is 0.751. The number of nitrogens with zero attached hydrogens (tertiary/aromatic N) is 3. The van der Waals surface area contributed by atoms with Crippen molar-refractivity contribution < 1.29 is 27.6 Å². The average molecular weight is 417 g/mol. The number of likely N-dealkylation sites (tertiary alicyclic amines) is 1. The number of carbonyl (C=O) groups is 2. The fourth-order valence-electron chi connectivity index (χ4n) is 4.88. The number of rotatable bonds is 2. The van der Waals surface area contributed by atoms with Crippen molar-refractivity contribution in [2.45, 2.75) is 50.5 Å². The first kappa shape index (κ1) is 19.2. The molecular formula is C21H21F2N3O4. The number of halogens is 2. The third-order valence-electron chi connectivity index (χ3n) is 6.43. The summed E-state index contributed by atoms with van der Waals surface area (Å²) in [4.78, 5) is 29.3. The minimum Gasteiger partial charge on any atom is -0.364 e. The molecule has 3 saturated heterocycles. The van der Waals surface area contributed by atoms with Crippen molar-refractivity contribution in [3.05, 3.63) is 52.9 Å². The van der Waals surface area contributed by atoms with Gasteiger partial charge in [-0.15, -0.1) is 0 Å². The van der Waals surface area contributed by atoms with E-state index < -0.39 is 29.5 Å². The number of ether oxygens (including phenoxy) is 1. The zero-order valence-electron chi connectivity index (χ0n) is 16.4. The molecule has 0 radical (unpaired) electrons. The molecule has 2 amide bonds. The lowest BCUT2D eigenvalue weighted by atomic mass is 9.89. The number of piperidine rings is 1. The maximum atomic E-state index is 13.7. The number of hydrogen-bond donors (Lipinski definition) is 0. The van der Waals surface area contributed by atoms with E-state index in [4.69, 9.17) is 9.26 Å². The standard InChI is InChI=1S/C21H21F2N3O4/c1-12-16(11-29-24-12)19(27)25-6-4-21(5-7-25)20(28)26-17(2-3-18(26)30-21)13-8-14(22)10-15(23)9-13/h8-11,17-18H,2-7H2,1H3/t17-,18+/m0/s1. The molecule has 5 rings (SSSR count). The fourth-order valence-corrected chi connectivity index (χ4v) is 4.88. The summed E-state index contributed by atoms with van der Waals surface area (Å²) in [5, 5.41) is 3.74. The second-order valence-corrected chi connectivity index (χ2v) is 8.18. The Morgan fingerprint density at radius 3 is 2.50 bits per heavy atom. The van der Waals surface area contributed by atoms with Crippen molar-refractivity contribution in [1.29, 1.82) is 0 Å². The minimum atomic E-state index is -0.990. The third kappa shape index (κ3) is 2.91. The Kier molecular flexibility index (Phi) is 4.39. The second kappa shape index (κ2) is 6.87. The van der Waals surface area contributed by atoms with Gasteiger partial charge < -0.3 is 19.1 Å². The zero-order chi connectivity index (χ0) is 21.0. The Morgan fingerprint density at radius 2 is 1.87 bits per heavy atom. The summed E-state index contributed by atoms with van der Waals surface area (Å²) in [7, 11) is 0. The summed E-state index contributed by atoms with van der Waals surface area (Å²) >= 11 is 0. The molecule has 3 aliphatic rings. The molecule has 3 fully saturated rings. The lowest BCUT2D eigenvalue weighted by Crippen LogP contribution is -2.51. The van der Waals surface area contributed by atoms with Gasteiger partial charge in [0.25, 0.3) is 11.8 Å². The highest BCUT2D eigenvalue weighted by Crippen LogP contribution is 2.47. The lowest BCUT2D eigenvalue weighted by Gasteiger charge is -2.37. The van der Waals surface area contributed by atoms with Crippen LogP contribution in [0.1, 0.15) is 53.3 Å². The fraction of sp³-hybridized carbons (Fsp3) is 0.476. The van der Waals surface area contributed by atoms with Crippen LogP contribution in [0.3, 0.4) is 0 Å². The van der Waals surface area contributed by atoms with Gasteiger partial charge in [-0.2, -0.15) is 0 Å². The topological polar surface area (TPSA) is 75.9 Å². The predicted octanol–water partition coefficient (Wildman–Crippen LogP) is 2.96. The molecule has 3 aliphatic heterocycles. The van der Waals surface area contributed by atoms with E-state index in [2.05, 4.69) is 5.16 Å². The van der Waals surface area contributed by atoms with Crippen LogP contribution < -0.4 is 0 Å². The molecule has 1 spiro atoms. The normalized spacial score (nSPS) is 25.2. The van der Waals surface area contributed by atoms with Crippen molar-refractivity contribution >= 4 is 11.8 Å². The molecule has 0 unspecified atom stereocenters. The molecule has 9 heteroatoms. The van der Waals surface area contributed by atoms with E-state index in [0.29, 0.717) is 55.6 Å². The summed E-state index contributed by atoms with van der Waals surface area (Å²) < 4.78 is 38.5. The zero-order valence-corrected chi connectivity index (χ0v) is 16.4. The highest BCUT2D eigenvalue weighted by atomic mass is 19.1. The van der Waals surface area contributed by atoms with Crippen LogP contribution in [-0.4, -0.2) is 51.7 Å². The molecule has 2 atom stereocenters.